The lowest BCUT2D eigenvalue weighted by Crippen LogP contribution is -2.33. The number of carbonyl (C=O) groups is 1. The van der Waals surface area contributed by atoms with Crippen LogP contribution in [0.25, 0.3) is 0 Å². The molecule has 1 saturated heterocycles. The fraction of sp³-hybridized carbons (Fsp3) is 0.500. The quantitative estimate of drug-likeness (QED) is 0.764. The fourth-order valence-electron chi connectivity index (χ4n) is 2.04. The van der Waals surface area contributed by atoms with E-state index in [1.807, 2.05) is 12.1 Å². The highest BCUT2D eigenvalue weighted by Crippen LogP contribution is 2.09. The molecule has 92 valence electrons. The van der Waals surface area contributed by atoms with Crippen LogP contribution in [0.15, 0.2) is 18.3 Å². The van der Waals surface area contributed by atoms with Crippen molar-refractivity contribution in [3.05, 3.63) is 29.6 Å². The lowest BCUT2D eigenvalue weighted by atomic mass is 10.1. The third-order valence-corrected chi connectivity index (χ3v) is 2.91. The summed E-state index contributed by atoms with van der Waals surface area (Å²) in [5, 5.41) is 2.87. The molecule has 0 radical (unpaired) electrons. The Bertz CT molecular complexity index is 394. The first kappa shape index (κ1) is 12.0. The van der Waals surface area contributed by atoms with Crippen LogP contribution in [0, 0.1) is 0 Å². The number of hydrogen-bond acceptors (Lipinski definition) is 4. The van der Waals surface area contributed by atoms with Gasteiger partial charge in [0.2, 0.25) is 5.91 Å². The van der Waals surface area contributed by atoms with Gasteiger partial charge in [0.05, 0.1) is 12.2 Å². The van der Waals surface area contributed by atoms with Crippen molar-refractivity contribution in [2.75, 3.05) is 19.6 Å². The van der Waals surface area contributed by atoms with Crippen LogP contribution in [-0.2, 0) is 17.9 Å². The van der Waals surface area contributed by atoms with Gasteiger partial charge in [-0.05, 0) is 18.1 Å². The van der Waals surface area contributed by atoms with Gasteiger partial charge in [0, 0.05) is 32.4 Å². The van der Waals surface area contributed by atoms with Gasteiger partial charge in [-0.2, -0.15) is 0 Å². The van der Waals surface area contributed by atoms with Crippen LogP contribution in [0.1, 0.15) is 17.7 Å². The van der Waals surface area contributed by atoms with Crippen molar-refractivity contribution in [3.63, 3.8) is 0 Å². The summed E-state index contributed by atoms with van der Waals surface area (Å²) in [7, 11) is 0. The first-order valence-electron chi connectivity index (χ1n) is 5.91. The minimum Gasteiger partial charge on any atom is -0.355 e. The maximum atomic E-state index is 11.4. The zero-order chi connectivity index (χ0) is 12.1. The van der Waals surface area contributed by atoms with E-state index in [0.29, 0.717) is 13.1 Å². The zero-order valence-electron chi connectivity index (χ0n) is 9.85. The van der Waals surface area contributed by atoms with Crippen LogP contribution in [0.4, 0.5) is 0 Å². The molecule has 3 N–H and O–H groups in total. The number of aromatic nitrogens is 1. The average Bonchev–Trinajstić information content (AvgIpc) is 2.54. The van der Waals surface area contributed by atoms with E-state index in [9.17, 15) is 4.79 Å². The first-order chi connectivity index (χ1) is 8.29. The molecule has 0 atom stereocenters. The van der Waals surface area contributed by atoms with E-state index in [2.05, 4.69) is 15.2 Å². The maximum Gasteiger partial charge on any atom is 0.234 e. The Morgan fingerprint density at radius 2 is 2.41 bits per heavy atom. The molecule has 1 aliphatic heterocycles. The minimum atomic E-state index is 0.0979. The molecular weight excluding hydrogens is 216 g/mol. The summed E-state index contributed by atoms with van der Waals surface area (Å²) in [4.78, 5) is 17.8. The summed E-state index contributed by atoms with van der Waals surface area (Å²) in [6, 6.07) is 3.93. The molecule has 2 rings (SSSR count). The largest absolute Gasteiger partial charge is 0.355 e. The molecule has 0 aromatic carbocycles. The van der Waals surface area contributed by atoms with Gasteiger partial charge >= 0.3 is 0 Å². The molecule has 1 aromatic rings. The van der Waals surface area contributed by atoms with Gasteiger partial charge in [-0.1, -0.05) is 6.07 Å². The Morgan fingerprint density at radius 1 is 1.53 bits per heavy atom. The van der Waals surface area contributed by atoms with E-state index >= 15 is 0 Å². The normalized spacial score (nSPS) is 17.6. The lowest BCUT2D eigenvalue weighted by molar-refractivity contribution is -0.121. The second-order valence-corrected chi connectivity index (χ2v) is 4.23. The number of nitrogens with one attached hydrogen (secondary N) is 1. The molecule has 0 saturated carbocycles. The van der Waals surface area contributed by atoms with Crippen molar-refractivity contribution in [1.82, 2.24) is 15.2 Å². The molecule has 5 nitrogen and oxygen atoms in total. The predicted octanol–water partition coefficient (Wildman–Crippen LogP) is -0.138. The number of pyridine rings is 1. The summed E-state index contributed by atoms with van der Waals surface area (Å²) in [6.45, 7) is 3.34. The third-order valence-electron chi connectivity index (χ3n) is 2.91. The molecular formula is C12H18N4O. The van der Waals surface area contributed by atoms with Crippen LogP contribution in [-0.4, -0.2) is 35.4 Å². The maximum absolute atomic E-state index is 11.4. The van der Waals surface area contributed by atoms with Crippen molar-refractivity contribution in [2.24, 2.45) is 5.73 Å². The monoisotopic (exact) mass is 234 g/mol. The summed E-state index contributed by atoms with van der Waals surface area (Å²) in [5.41, 5.74) is 7.68. The number of amides is 1. The Labute approximate surface area is 101 Å². The van der Waals surface area contributed by atoms with Crippen molar-refractivity contribution in [1.29, 1.82) is 0 Å². The highest BCUT2D eigenvalue weighted by molar-refractivity contribution is 5.78. The second-order valence-electron chi connectivity index (χ2n) is 4.23. The number of carbonyl (C=O) groups excluding carboxylic acids is 1. The van der Waals surface area contributed by atoms with Gasteiger partial charge in [0.1, 0.15) is 0 Å². The van der Waals surface area contributed by atoms with Crippen LogP contribution < -0.4 is 11.1 Å². The Hall–Kier alpha value is -1.46. The van der Waals surface area contributed by atoms with Crippen LogP contribution >= 0.6 is 0 Å². The fourth-order valence-corrected chi connectivity index (χ4v) is 2.04. The smallest absolute Gasteiger partial charge is 0.234 e. The van der Waals surface area contributed by atoms with Crippen molar-refractivity contribution >= 4 is 5.91 Å². The SMILES string of the molecule is NCc1ncccc1CN1CCCNC(=O)C1. The molecule has 1 fully saturated rings. The van der Waals surface area contributed by atoms with Gasteiger partial charge in [-0.25, -0.2) is 0 Å². The Morgan fingerprint density at radius 3 is 3.24 bits per heavy atom. The van der Waals surface area contributed by atoms with E-state index in [1.165, 1.54) is 0 Å². The summed E-state index contributed by atoms with van der Waals surface area (Å²) in [6.07, 6.45) is 2.74. The van der Waals surface area contributed by atoms with Crippen molar-refractivity contribution < 1.29 is 4.79 Å². The highest BCUT2D eigenvalue weighted by Gasteiger charge is 2.15. The second kappa shape index (κ2) is 5.75. The molecule has 2 heterocycles. The lowest BCUT2D eigenvalue weighted by Gasteiger charge is -2.19. The molecule has 1 aromatic heterocycles. The van der Waals surface area contributed by atoms with E-state index in [1.54, 1.807) is 6.20 Å². The van der Waals surface area contributed by atoms with Crippen molar-refractivity contribution in [2.45, 2.75) is 19.5 Å². The van der Waals surface area contributed by atoms with Crippen molar-refractivity contribution in [3.8, 4) is 0 Å². The average molecular weight is 234 g/mol. The van der Waals surface area contributed by atoms with Crippen LogP contribution in [0.3, 0.4) is 0 Å². The molecule has 0 bridgehead atoms. The summed E-state index contributed by atoms with van der Waals surface area (Å²) < 4.78 is 0. The highest BCUT2D eigenvalue weighted by atomic mass is 16.2. The number of nitrogens with zero attached hydrogens (tertiary/aromatic N) is 2. The molecule has 1 amide bonds. The summed E-state index contributed by atoms with van der Waals surface area (Å²) in [5.74, 6) is 0.0979. The van der Waals surface area contributed by atoms with Crippen LogP contribution in [0.2, 0.25) is 0 Å². The van der Waals surface area contributed by atoms with E-state index in [4.69, 9.17) is 5.73 Å². The predicted molar refractivity (Wildman–Crippen MR) is 65.0 cm³/mol. The third kappa shape index (κ3) is 3.25. The van der Waals surface area contributed by atoms with Gasteiger partial charge in [-0.3, -0.25) is 14.7 Å². The van der Waals surface area contributed by atoms with Gasteiger partial charge in [0.25, 0.3) is 0 Å². The molecule has 0 aliphatic carbocycles. The molecule has 17 heavy (non-hydrogen) atoms. The number of hydrogen-bond donors (Lipinski definition) is 2. The number of nitrogens with two attached hydrogens (primary N) is 1. The standard InChI is InChI=1S/C12H18N4O/c13-7-11-10(3-1-4-14-11)8-16-6-2-5-15-12(17)9-16/h1,3-4H,2,5-9,13H2,(H,15,17). The van der Waals surface area contributed by atoms with E-state index in [-0.39, 0.29) is 5.91 Å². The van der Waals surface area contributed by atoms with Crippen LogP contribution in [0.5, 0.6) is 0 Å². The molecule has 1 aliphatic rings. The molecule has 5 heteroatoms. The van der Waals surface area contributed by atoms with E-state index in [0.717, 1.165) is 37.3 Å². The van der Waals surface area contributed by atoms with Gasteiger partial charge in [0.15, 0.2) is 0 Å². The molecule has 0 spiro atoms. The number of rotatable bonds is 3. The summed E-state index contributed by atoms with van der Waals surface area (Å²) >= 11 is 0. The Kier molecular flexibility index (Phi) is 4.06. The first-order valence-corrected chi connectivity index (χ1v) is 5.91. The topological polar surface area (TPSA) is 71.2 Å². The minimum absolute atomic E-state index is 0.0979. The Balaban J connectivity index is 2.06. The van der Waals surface area contributed by atoms with E-state index < -0.39 is 0 Å². The zero-order valence-corrected chi connectivity index (χ0v) is 9.85. The molecule has 0 unspecified atom stereocenters. The van der Waals surface area contributed by atoms with Gasteiger partial charge < -0.3 is 11.1 Å². The van der Waals surface area contributed by atoms with Gasteiger partial charge in [-0.15, -0.1) is 0 Å².